The lowest BCUT2D eigenvalue weighted by Crippen LogP contribution is -2.24. The van der Waals surface area contributed by atoms with Crippen molar-refractivity contribution in [3.05, 3.63) is 76.2 Å². The average Bonchev–Trinajstić information content (AvgIpc) is 3.24. The SMILES string of the molecule is CN1C(=S)N[C@H](c2ccccn2)[C@H]1c1ccc(-c2ccc(Cl)c(Cl)c2)o1. The van der Waals surface area contributed by atoms with Gasteiger partial charge in [0, 0.05) is 18.8 Å². The van der Waals surface area contributed by atoms with Crippen molar-refractivity contribution >= 4 is 40.5 Å². The second-order valence-corrected chi connectivity index (χ2v) is 7.27. The van der Waals surface area contributed by atoms with Gasteiger partial charge in [-0.25, -0.2) is 0 Å². The van der Waals surface area contributed by atoms with Gasteiger partial charge in [-0.15, -0.1) is 0 Å². The van der Waals surface area contributed by atoms with E-state index in [1.54, 1.807) is 18.3 Å². The molecule has 0 unspecified atom stereocenters. The van der Waals surface area contributed by atoms with Crippen molar-refractivity contribution < 1.29 is 4.42 Å². The standard InChI is InChI=1S/C19H15Cl2N3OS/c1-24-18(17(23-19(24)26)14-4-2-3-9-22-14)16-8-7-15(25-16)11-5-6-12(20)13(21)10-11/h2-10,17-18H,1H3,(H,23,26)/t17-,18-/m1/s1. The summed E-state index contributed by atoms with van der Waals surface area (Å²) in [5, 5.41) is 5.01. The number of rotatable bonds is 3. The quantitative estimate of drug-likeness (QED) is 0.604. The molecule has 132 valence electrons. The first-order valence-corrected chi connectivity index (χ1v) is 9.20. The van der Waals surface area contributed by atoms with Crippen LogP contribution >= 0.6 is 35.4 Å². The number of aromatic nitrogens is 1. The number of thiocarbonyl (C=S) groups is 1. The number of furan rings is 1. The van der Waals surface area contributed by atoms with Gasteiger partial charge >= 0.3 is 0 Å². The molecular weight excluding hydrogens is 389 g/mol. The van der Waals surface area contributed by atoms with Crippen LogP contribution in [-0.4, -0.2) is 22.0 Å². The molecule has 0 radical (unpaired) electrons. The monoisotopic (exact) mass is 403 g/mol. The molecule has 4 rings (SSSR count). The van der Waals surface area contributed by atoms with E-state index in [0.717, 1.165) is 22.8 Å². The van der Waals surface area contributed by atoms with Gasteiger partial charge in [0.25, 0.3) is 0 Å². The maximum Gasteiger partial charge on any atom is 0.170 e. The molecule has 0 bridgehead atoms. The summed E-state index contributed by atoms with van der Waals surface area (Å²) in [7, 11) is 1.95. The summed E-state index contributed by atoms with van der Waals surface area (Å²) in [5.74, 6) is 1.53. The van der Waals surface area contributed by atoms with E-state index < -0.39 is 0 Å². The van der Waals surface area contributed by atoms with E-state index in [2.05, 4.69) is 10.3 Å². The fraction of sp³-hybridized carbons (Fsp3) is 0.158. The lowest BCUT2D eigenvalue weighted by atomic mass is 10.0. The first-order chi connectivity index (χ1) is 12.5. The lowest BCUT2D eigenvalue weighted by molar-refractivity contribution is 0.310. The van der Waals surface area contributed by atoms with Crippen LogP contribution in [-0.2, 0) is 0 Å². The summed E-state index contributed by atoms with van der Waals surface area (Å²) >= 11 is 17.6. The molecule has 0 saturated carbocycles. The fourth-order valence-electron chi connectivity index (χ4n) is 3.13. The molecular formula is C19H15Cl2N3OS. The number of pyridine rings is 1. The molecule has 0 amide bonds. The number of nitrogens with zero attached hydrogens (tertiary/aromatic N) is 2. The summed E-state index contributed by atoms with van der Waals surface area (Å²) in [6, 6.07) is 15.0. The highest BCUT2D eigenvalue weighted by molar-refractivity contribution is 7.80. The third-order valence-electron chi connectivity index (χ3n) is 4.46. The summed E-state index contributed by atoms with van der Waals surface area (Å²) in [6.45, 7) is 0. The Labute approximate surface area is 166 Å². The van der Waals surface area contributed by atoms with Crippen molar-refractivity contribution in [1.82, 2.24) is 15.2 Å². The summed E-state index contributed by atoms with van der Waals surface area (Å²) in [6.07, 6.45) is 1.78. The highest BCUT2D eigenvalue weighted by Crippen LogP contribution is 2.39. The van der Waals surface area contributed by atoms with E-state index in [4.69, 9.17) is 39.8 Å². The fourth-order valence-corrected chi connectivity index (χ4v) is 3.67. The summed E-state index contributed by atoms with van der Waals surface area (Å²) in [5.41, 5.74) is 1.79. The van der Waals surface area contributed by atoms with Gasteiger partial charge < -0.3 is 14.6 Å². The van der Waals surface area contributed by atoms with E-state index in [0.29, 0.717) is 15.2 Å². The zero-order valence-corrected chi connectivity index (χ0v) is 16.1. The molecule has 26 heavy (non-hydrogen) atoms. The normalized spacial score (nSPS) is 19.7. The minimum absolute atomic E-state index is 0.0819. The van der Waals surface area contributed by atoms with Gasteiger partial charge in [-0.2, -0.15) is 0 Å². The molecule has 1 aromatic carbocycles. The minimum atomic E-state index is -0.0890. The highest BCUT2D eigenvalue weighted by atomic mass is 35.5. The Morgan fingerprint density at radius 2 is 1.96 bits per heavy atom. The first-order valence-electron chi connectivity index (χ1n) is 8.04. The van der Waals surface area contributed by atoms with E-state index in [1.165, 1.54) is 0 Å². The molecule has 7 heteroatoms. The van der Waals surface area contributed by atoms with E-state index in [1.807, 2.05) is 48.3 Å². The number of nitrogens with one attached hydrogen (secondary N) is 1. The lowest BCUT2D eigenvalue weighted by Gasteiger charge is -2.21. The number of likely N-dealkylation sites (N-methyl/N-ethyl adjacent to an activating group) is 1. The van der Waals surface area contributed by atoms with E-state index >= 15 is 0 Å². The van der Waals surface area contributed by atoms with Crippen LogP contribution in [0.5, 0.6) is 0 Å². The molecule has 1 N–H and O–H groups in total. The Bertz CT molecular complexity index is 960. The van der Waals surface area contributed by atoms with Crippen molar-refractivity contribution in [2.45, 2.75) is 12.1 Å². The zero-order chi connectivity index (χ0) is 18.3. The topological polar surface area (TPSA) is 41.3 Å². The second kappa shape index (κ2) is 6.91. The number of hydrogen-bond acceptors (Lipinski definition) is 3. The third-order valence-corrected chi connectivity index (χ3v) is 5.61. The second-order valence-electron chi connectivity index (χ2n) is 6.07. The van der Waals surface area contributed by atoms with Crippen LogP contribution in [0.15, 0.2) is 59.1 Å². The Morgan fingerprint density at radius 1 is 1.12 bits per heavy atom. The predicted octanol–water partition coefficient (Wildman–Crippen LogP) is 5.25. The molecule has 4 nitrogen and oxygen atoms in total. The molecule has 2 aromatic heterocycles. The molecule has 1 fully saturated rings. The van der Waals surface area contributed by atoms with Crippen LogP contribution in [0.25, 0.3) is 11.3 Å². The van der Waals surface area contributed by atoms with Gasteiger partial charge in [-0.3, -0.25) is 4.98 Å². The number of benzene rings is 1. The Balaban J connectivity index is 1.70. The van der Waals surface area contributed by atoms with Crippen LogP contribution in [0.3, 0.4) is 0 Å². The van der Waals surface area contributed by atoms with Gasteiger partial charge in [-0.05, 0) is 54.7 Å². The number of halogens is 2. The zero-order valence-electron chi connectivity index (χ0n) is 13.8. The smallest absolute Gasteiger partial charge is 0.170 e. The van der Waals surface area contributed by atoms with Crippen LogP contribution in [0.2, 0.25) is 10.0 Å². The molecule has 3 aromatic rings. The van der Waals surface area contributed by atoms with Crippen LogP contribution < -0.4 is 5.32 Å². The van der Waals surface area contributed by atoms with Crippen LogP contribution in [0.4, 0.5) is 0 Å². The minimum Gasteiger partial charge on any atom is -0.459 e. The Morgan fingerprint density at radius 3 is 2.69 bits per heavy atom. The van der Waals surface area contributed by atoms with Crippen LogP contribution in [0, 0.1) is 0 Å². The van der Waals surface area contributed by atoms with Gasteiger partial charge in [0.05, 0.1) is 21.8 Å². The van der Waals surface area contributed by atoms with Gasteiger partial charge in [0.1, 0.15) is 17.6 Å². The van der Waals surface area contributed by atoms with Crippen molar-refractivity contribution in [2.75, 3.05) is 7.05 Å². The van der Waals surface area contributed by atoms with E-state index in [-0.39, 0.29) is 12.1 Å². The van der Waals surface area contributed by atoms with E-state index in [9.17, 15) is 0 Å². The molecule has 1 saturated heterocycles. The average molecular weight is 404 g/mol. The van der Waals surface area contributed by atoms with Crippen molar-refractivity contribution in [3.63, 3.8) is 0 Å². The molecule has 0 spiro atoms. The molecule has 0 aliphatic carbocycles. The van der Waals surface area contributed by atoms with Crippen molar-refractivity contribution in [3.8, 4) is 11.3 Å². The van der Waals surface area contributed by atoms with Crippen LogP contribution in [0.1, 0.15) is 23.5 Å². The molecule has 1 aliphatic rings. The summed E-state index contributed by atoms with van der Waals surface area (Å²) in [4.78, 5) is 6.46. The van der Waals surface area contributed by atoms with Gasteiger partial charge in [0.2, 0.25) is 0 Å². The predicted molar refractivity (Wildman–Crippen MR) is 107 cm³/mol. The Kier molecular flexibility index (Phi) is 4.61. The van der Waals surface area contributed by atoms with Crippen molar-refractivity contribution in [1.29, 1.82) is 0 Å². The molecule has 3 heterocycles. The Hall–Kier alpha value is -2.08. The number of hydrogen-bond donors (Lipinski definition) is 1. The molecule has 1 aliphatic heterocycles. The molecule has 2 atom stereocenters. The highest BCUT2D eigenvalue weighted by Gasteiger charge is 2.39. The summed E-state index contributed by atoms with van der Waals surface area (Å²) < 4.78 is 6.15. The first kappa shape index (κ1) is 17.3. The third kappa shape index (κ3) is 3.07. The van der Waals surface area contributed by atoms with Gasteiger partial charge in [0.15, 0.2) is 5.11 Å². The van der Waals surface area contributed by atoms with Crippen molar-refractivity contribution in [2.24, 2.45) is 0 Å². The maximum absolute atomic E-state index is 6.15. The van der Waals surface area contributed by atoms with Gasteiger partial charge in [-0.1, -0.05) is 29.3 Å². The largest absolute Gasteiger partial charge is 0.459 e. The maximum atomic E-state index is 6.15.